The van der Waals surface area contributed by atoms with Crippen LogP contribution in [0.3, 0.4) is 0 Å². The molecular weight excluding hydrogens is 558 g/mol. The van der Waals surface area contributed by atoms with Crippen molar-refractivity contribution in [2.75, 3.05) is 6.54 Å². The molecule has 1 aliphatic carbocycles. The number of alkyl halides is 3. The fourth-order valence-corrected chi connectivity index (χ4v) is 5.54. The number of nitrogens with zero attached hydrogens (tertiary/aromatic N) is 2. The van der Waals surface area contributed by atoms with Gasteiger partial charge in [-0.15, -0.1) is 0 Å². The van der Waals surface area contributed by atoms with E-state index in [0.717, 1.165) is 0 Å². The van der Waals surface area contributed by atoms with Gasteiger partial charge < -0.3 is 20.9 Å². The number of piperidine rings is 1. The van der Waals surface area contributed by atoms with Crippen molar-refractivity contribution < 1.29 is 31.9 Å². The highest BCUT2D eigenvalue weighted by atomic mass is 19.4. The first-order chi connectivity index (χ1) is 19.2. The van der Waals surface area contributed by atoms with Gasteiger partial charge in [-0.2, -0.15) is 18.4 Å². The summed E-state index contributed by atoms with van der Waals surface area (Å²) in [5.74, 6) is -2.77. The standard InChI is InChI=1S/C27H33FN4O3.C2H2F3NO/c1-14-7-15-8-16(24(34)31-20(15)10-19(14)28)9-17(12-29)30-25(35)23-22-18(27(22,5)6)13-32(23)21(33)11-26(2,3)4;3-2(4,5)1(6)7/h7-8,10,17-18,22-23H,9,11,13H2,1-6H3,(H,30,35)(H,31,34);(H2,6,7)/t17-,18-,22?,23-;/m0./s1. The van der Waals surface area contributed by atoms with Gasteiger partial charge in [0.1, 0.15) is 17.9 Å². The van der Waals surface area contributed by atoms with Crippen LogP contribution < -0.4 is 16.6 Å². The summed E-state index contributed by atoms with van der Waals surface area (Å²) in [5, 5.41) is 13.2. The van der Waals surface area contributed by atoms with Crippen molar-refractivity contribution in [3.8, 4) is 6.07 Å². The van der Waals surface area contributed by atoms with Crippen molar-refractivity contribution >= 4 is 28.6 Å². The number of carbonyl (C=O) groups is 3. The maximum Gasteiger partial charge on any atom is 0.470 e. The molecule has 1 unspecified atom stereocenters. The molecule has 4 rings (SSSR count). The Hall–Kier alpha value is -3.95. The van der Waals surface area contributed by atoms with Gasteiger partial charge in [0, 0.05) is 24.9 Å². The molecule has 1 aliphatic heterocycles. The lowest BCUT2D eigenvalue weighted by molar-refractivity contribution is -0.169. The number of H-pyrrole nitrogens is 1. The average Bonchev–Trinajstić information content (AvgIpc) is 3.17. The van der Waals surface area contributed by atoms with Crippen LogP contribution >= 0.6 is 0 Å². The van der Waals surface area contributed by atoms with E-state index in [2.05, 4.69) is 36.0 Å². The number of aromatic nitrogens is 1. The third kappa shape index (κ3) is 7.09. The Kier molecular flexibility index (Phi) is 8.82. The minimum Gasteiger partial charge on any atom is -0.362 e. The van der Waals surface area contributed by atoms with Crippen LogP contribution in [0.1, 0.15) is 52.2 Å². The van der Waals surface area contributed by atoms with Gasteiger partial charge >= 0.3 is 12.1 Å². The van der Waals surface area contributed by atoms with Crippen LogP contribution in [-0.2, 0) is 20.8 Å². The monoisotopic (exact) mass is 593 g/mol. The first-order valence-electron chi connectivity index (χ1n) is 13.4. The summed E-state index contributed by atoms with van der Waals surface area (Å²) in [6.45, 7) is 12.4. The average molecular weight is 594 g/mol. The number of fused-ring (bicyclic) bond motifs is 2. The molecule has 3 amide bonds. The molecule has 2 heterocycles. The van der Waals surface area contributed by atoms with Crippen molar-refractivity contribution in [2.24, 2.45) is 28.4 Å². The Morgan fingerprint density at radius 1 is 1.21 bits per heavy atom. The molecule has 0 radical (unpaired) electrons. The number of aromatic amines is 1. The van der Waals surface area contributed by atoms with Crippen LogP contribution in [0.2, 0.25) is 0 Å². The van der Waals surface area contributed by atoms with Gasteiger partial charge in [-0.1, -0.05) is 34.6 Å². The summed E-state index contributed by atoms with van der Waals surface area (Å²) in [6, 6.07) is 5.06. The summed E-state index contributed by atoms with van der Waals surface area (Å²) in [5.41, 5.74) is 4.29. The van der Waals surface area contributed by atoms with E-state index < -0.39 is 35.5 Å². The van der Waals surface area contributed by atoms with E-state index in [0.29, 0.717) is 35.0 Å². The largest absolute Gasteiger partial charge is 0.470 e. The Morgan fingerprint density at radius 2 is 1.81 bits per heavy atom. The first kappa shape index (κ1) is 32.6. The van der Waals surface area contributed by atoms with Crippen LogP contribution in [0.5, 0.6) is 0 Å². The highest BCUT2D eigenvalue weighted by Gasteiger charge is 2.69. The minimum atomic E-state index is -4.86. The molecule has 9 nitrogen and oxygen atoms in total. The predicted molar refractivity (Wildman–Crippen MR) is 146 cm³/mol. The summed E-state index contributed by atoms with van der Waals surface area (Å²) in [7, 11) is 0. The molecule has 1 saturated heterocycles. The number of nitrogens with one attached hydrogen (secondary N) is 2. The van der Waals surface area contributed by atoms with Crippen molar-refractivity contribution in [2.45, 2.75) is 72.6 Å². The lowest BCUT2D eigenvalue weighted by atomic mass is 9.90. The first-order valence-corrected chi connectivity index (χ1v) is 13.4. The number of halogens is 4. The third-order valence-electron chi connectivity index (χ3n) is 7.86. The molecule has 1 aromatic heterocycles. The number of amides is 3. The van der Waals surface area contributed by atoms with Gasteiger partial charge in [0.2, 0.25) is 11.8 Å². The third-order valence-corrected chi connectivity index (χ3v) is 7.86. The molecule has 4 N–H and O–H groups in total. The molecule has 4 atom stereocenters. The number of carbonyl (C=O) groups excluding carboxylic acids is 3. The number of hydrogen-bond acceptors (Lipinski definition) is 5. The van der Waals surface area contributed by atoms with Gasteiger partial charge in [0.05, 0.1) is 11.6 Å². The van der Waals surface area contributed by atoms with Crippen LogP contribution in [-0.4, -0.2) is 52.4 Å². The van der Waals surface area contributed by atoms with Crippen molar-refractivity contribution in [1.29, 1.82) is 5.26 Å². The number of likely N-dealkylation sites (tertiary alicyclic amines) is 1. The molecule has 13 heteroatoms. The number of hydrogen-bond donors (Lipinski definition) is 3. The van der Waals surface area contributed by atoms with Crippen LogP contribution in [0.25, 0.3) is 10.9 Å². The Morgan fingerprint density at radius 3 is 2.33 bits per heavy atom. The van der Waals surface area contributed by atoms with Gasteiger partial charge in [-0.05, 0) is 58.7 Å². The molecule has 0 bridgehead atoms. The molecule has 1 saturated carbocycles. The molecule has 2 fully saturated rings. The van der Waals surface area contributed by atoms with E-state index in [1.54, 1.807) is 24.0 Å². The summed E-state index contributed by atoms with van der Waals surface area (Å²) in [4.78, 5) is 52.5. The fraction of sp³-hybridized carbons (Fsp3) is 0.552. The van der Waals surface area contributed by atoms with Crippen molar-refractivity contribution in [3.05, 3.63) is 45.5 Å². The second-order valence-corrected chi connectivity index (χ2v) is 12.8. The summed E-state index contributed by atoms with van der Waals surface area (Å²) < 4.78 is 46.0. The maximum atomic E-state index is 13.9. The smallest absolute Gasteiger partial charge is 0.362 e. The molecule has 2 aliphatic rings. The van der Waals surface area contributed by atoms with Crippen LogP contribution in [0, 0.1) is 46.7 Å². The molecule has 1 aromatic carbocycles. The number of nitriles is 1. The quantitative estimate of drug-likeness (QED) is 0.454. The van der Waals surface area contributed by atoms with Crippen LogP contribution in [0.15, 0.2) is 23.0 Å². The topological polar surface area (TPSA) is 149 Å². The number of pyridine rings is 1. The number of primary amides is 1. The van der Waals surface area contributed by atoms with E-state index in [-0.39, 0.29) is 40.9 Å². The minimum absolute atomic E-state index is 0.00405. The highest BCUT2D eigenvalue weighted by molar-refractivity contribution is 5.90. The Balaban J connectivity index is 0.000000616. The van der Waals surface area contributed by atoms with E-state index in [1.165, 1.54) is 6.07 Å². The SMILES string of the molecule is Cc1cc2cc(C[C@@H](C#N)NC(=O)[C@@H]3C4[C@H](CN3C(=O)CC(C)(C)C)C4(C)C)c(=O)[nH]c2cc1F.NC(=O)C(F)(F)F. The summed E-state index contributed by atoms with van der Waals surface area (Å²) >= 11 is 0. The van der Waals surface area contributed by atoms with Gasteiger partial charge in [0.15, 0.2) is 0 Å². The Bertz CT molecular complexity index is 1500. The van der Waals surface area contributed by atoms with E-state index in [4.69, 9.17) is 4.79 Å². The van der Waals surface area contributed by atoms with Crippen molar-refractivity contribution in [3.63, 3.8) is 0 Å². The number of rotatable bonds is 5. The number of benzene rings is 1. The molecule has 228 valence electrons. The number of nitrogens with two attached hydrogens (primary N) is 1. The highest BCUT2D eigenvalue weighted by Crippen LogP contribution is 2.65. The lowest BCUT2D eigenvalue weighted by Crippen LogP contribution is -2.52. The zero-order chi connectivity index (χ0) is 31.9. The summed E-state index contributed by atoms with van der Waals surface area (Å²) in [6.07, 6.45) is -4.52. The molecule has 42 heavy (non-hydrogen) atoms. The lowest BCUT2D eigenvalue weighted by Gasteiger charge is -2.32. The zero-order valence-electron chi connectivity index (χ0n) is 24.3. The fourth-order valence-electron chi connectivity index (χ4n) is 5.54. The molecule has 0 spiro atoms. The zero-order valence-corrected chi connectivity index (χ0v) is 24.3. The van der Waals surface area contributed by atoms with Gasteiger partial charge in [0.25, 0.3) is 5.56 Å². The van der Waals surface area contributed by atoms with E-state index >= 15 is 0 Å². The Labute approximate surface area is 240 Å². The van der Waals surface area contributed by atoms with Crippen LogP contribution in [0.4, 0.5) is 17.6 Å². The van der Waals surface area contributed by atoms with Gasteiger partial charge in [-0.25, -0.2) is 4.39 Å². The maximum absolute atomic E-state index is 13.9. The second kappa shape index (κ2) is 11.4. The van der Waals surface area contributed by atoms with E-state index in [9.17, 15) is 37.2 Å². The normalized spacial score (nSPS) is 21.5. The molecule has 2 aromatic rings. The van der Waals surface area contributed by atoms with E-state index in [1.807, 2.05) is 20.8 Å². The number of aryl methyl sites for hydroxylation is 1. The van der Waals surface area contributed by atoms with Gasteiger partial charge in [-0.3, -0.25) is 19.2 Å². The predicted octanol–water partition coefficient (Wildman–Crippen LogP) is 3.48. The second-order valence-electron chi connectivity index (χ2n) is 12.8. The van der Waals surface area contributed by atoms with Crippen molar-refractivity contribution in [1.82, 2.24) is 15.2 Å². The molecular formula is C29H35F4N5O4.